The summed E-state index contributed by atoms with van der Waals surface area (Å²) in [6, 6.07) is 8.43. The van der Waals surface area contributed by atoms with Crippen molar-refractivity contribution in [1.82, 2.24) is 0 Å². The van der Waals surface area contributed by atoms with Crippen LogP contribution in [0.5, 0.6) is 0 Å². The van der Waals surface area contributed by atoms with E-state index < -0.39 is 0 Å². The highest BCUT2D eigenvalue weighted by Crippen LogP contribution is 2.09. The van der Waals surface area contributed by atoms with E-state index in [4.69, 9.17) is 0 Å². The van der Waals surface area contributed by atoms with Gasteiger partial charge in [0.15, 0.2) is 0 Å². The van der Waals surface area contributed by atoms with Crippen molar-refractivity contribution in [2.75, 3.05) is 6.61 Å². The van der Waals surface area contributed by atoms with Crippen molar-refractivity contribution in [3.8, 4) is 0 Å². The number of carbonyl (C=O) groups excluding carboxylic acids is 1. The number of benzene rings is 1. The van der Waals surface area contributed by atoms with Crippen LogP contribution >= 0.6 is 0 Å². The van der Waals surface area contributed by atoms with Gasteiger partial charge in [0.2, 0.25) is 0 Å². The Morgan fingerprint density at radius 2 is 2.06 bits per heavy atom. The summed E-state index contributed by atoms with van der Waals surface area (Å²) in [6.07, 6.45) is 7.33. The minimum absolute atomic E-state index is 0.279. The summed E-state index contributed by atoms with van der Waals surface area (Å²) in [6.45, 7) is 3.86. The van der Waals surface area contributed by atoms with Crippen molar-refractivity contribution in [2.45, 2.75) is 26.2 Å². The maximum absolute atomic E-state index is 9.78. The first kappa shape index (κ1) is 12.5. The molecule has 0 heterocycles. The SMILES string of the molecule is CCCCc1ccc(C=CCO[C]=O)cc1. The van der Waals surface area contributed by atoms with Crippen molar-refractivity contribution in [3.63, 3.8) is 0 Å². The zero-order valence-electron chi connectivity index (χ0n) is 9.61. The average Bonchev–Trinajstić information content (AvgIpc) is 2.33. The molecule has 1 radical (unpaired) electrons. The first-order valence-electron chi connectivity index (χ1n) is 5.61. The smallest absolute Gasteiger partial charge is 0.417 e. The second-order valence-corrected chi connectivity index (χ2v) is 3.64. The predicted molar refractivity (Wildman–Crippen MR) is 65.7 cm³/mol. The lowest BCUT2D eigenvalue weighted by atomic mass is 10.1. The van der Waals surface area contributed by atoms with Gasteiger partial charge in [-0.15, -0.1) is 0 Å². The quantitative estimate of drug-likeness (QED) is 0.656. The molecule has 2 heteroatoms. The molecule has 1 aromatic rings. The molecule has 1 rings (SSSR count). The van der Waals surface area contributed by atoms with Gasteiger partial charge in [-0.25, -0.2) is 4.79 Å². The van der Waals surface area contributed by atoms with Crippen LogP contribution in [-0.4, -0.2) is 13.1 Å². The maximum Gasteiger partial charge on any atom is 0.417 e. The summed E-state index contributed by atoms with van der Waals surface area (Å²) in [5, 5.41) is 0. The lowest BCUT2D eigenvalue weighted by molar-refractivity contribution is 0.314. The molecule has 0 saturated heterocycles. The molecule has 0 saturated carbocycles. The zero-order valence-corrected chi connectivity index (χ0v) is 9.61. The van der Waals surface area contributed by atoms with Gasteiger partial charge in [-0.05, 0) is 30.0 Å². The minimum atomic E-state index is 0.279. The Morgan fingerprint density at radius 3 is 2.69 bits per heavy atom. The molecule has 0 aliphatic rings. The molecule has 0 aliphatic carbocycles. The van der Waals surface area contributed by atoms with Gasteiger partial charge in [0.05, 0.1) is 0 Å². The molecule has 2 nitrogen and oxygen atoms in total. The van der Waals surface area contributed by atoms with Crippen molar-refractivity contribution < 1.29 is 9.53 Å². The van der Waals surface area contributed by atoms with Gasteiger partial charge in [0, 0.05) is 0 Å². The van der Waals surface area contributed by atoms with Gasteiger partial charge in [-0.2, -0.15) is 0 Å². The molecule has 0 aliphatic heterocycles. The molecule has 0 N–H and O–H groups in total. The third-order valence-electron chi connectivity index (χ3n) is 2.35. The Bertz CT molecular complexity index is 325. The summed E-state index contributed by atoms with van der Waals surface area (Å²) >= 11 is 0. The normalized spacial score (nSPS) is 10.6. The molecule has 1 aromatic carbocycles. The molecule has 0 aromatic heterocycles. The monoisotopic (exact) mass is 217 g/mol. The van der Waals surface area contributed by atoms with Gasteiger partial charge in [0.1, 0.15) is 6.61 Å². The van der Waals surface area contributed by atoms with Crippen LogP contribution in [0.2, 0.25) is 0 Å². The van der Waals surface area contributed by atoms with E-state index in [-0.39, 0.29) is 6.61 Å². The number of hydrogen-bond acceptors (Lipinski definition) is 2. The molecule has 0 bridgehead atoms. The van der Waals surface area contributed by atoms with Gasteiger partial charge in [0.25, 0.3) is 0 Å². The second-order valence-electron chi connectivity index (χ2n) is 3.64. The molecule has 85 valence electrons. The third-order valence-corrected chi connectivity index (χ3v) is 2.35. The average molecular weight is 217 g/mol. The van der Waals surface area contributed by atoms with E-state index in [1.165, 1.54) is 24.9 Å². The standard InChI is InChI=1S/C14H17O2/c1-2-3-5-13-7-9-14(10-8-13)6-4-11-16-12-15/h4,6-10H,2-3,5,11H2,1H3. The van der Waals surface area contributed by atoms with Crippen molar-refractivity contribution in [2.24, 2.45) is 0 Å². The number of aryl methyl sites for hydroxylation is 1. The number of unbranched alkanes of at least 4 members (excludes halogenated alkanes) is 1. The Labute approximate surface area is 96.9 Å². The summed E-state index contributed by atoms with van der Waals surface area (Å²) in [5.41, 5.74) is 2.49. The van der Waals surface area contributed by atoms with Crippen molar-refractivity contribution >= 4 is 12.5 Å². The maximum atomic E-state index is 9.78. The minimum Gasteiger partial charge on any atom is -0.453 e. The fourth-order valence-corrected chi connectivity index (χ4v) is 1.44. The van der Waals surface area contributed by atoms with E-state index in [2.05, 4.69) is 35.9 Å². The van der Waals surface area contributed by atoms with Crippen molar-refractivity contribution in [3.05, 3.63) is 41.5 Å². The van der Waals surface area contributed by atoms with Crippen LogP contribution in [0.1, 0.15) is 30.9 Å². The highest BCUT2D eigenvalue weighted by molar-refractivity contribution is 5.50. The Hall–Kier alpha value is -1.57. The van der Waals surface area contributed by atoms with E-state index >= 15 is 0 Å². The topological polar surface area (TPSA) is 26.3 Å². The van der Waals surface area contributed by atoms with Crippen LogP contribution in [0, 0.1) is 0 Å². The van der Waals surface area contributed by atoms with E-state index in [1.807, 2.05) is 6.08 Å². The Kier molecular flexibility index (Phi) is 6.00. The van der Waals surface area contributed by atoms with Gasteiger partial charge in [-0.3, -0.25) is 0 Å². The Balaban J connectivity index is 2.44. The molecule has 16 heavy (non-hydrogen) atoms. The first-order chi connectivity index (χ1) is 7.86. The van der Waals surface area contributed by atoms with Crippen LogP contribution < -0.4 is 0 Å². The molecule has 0 fully saturated rings. The molecule has 0 unspecified atom stereocenters. The second kappa shape index (κ2) is 7.69. The largest absolute Gasteiger partial charge is 0.453 e. The molecular weight excluding hydrogens is 200 g/mol. The number of hydrogen-bond donors (Lipinski definition) is 0. The molecule has 0 atom stereocenters. The number of ether oxygens (including phenoxy) is 1. The lowest BCUT2D eigenvalue weighted by Gasteiger charge is -2.00. The summed E-state index contributed by atoms with van der Waals surface area (Å²) in [4.78, 5) is 9.78. The van der Waals surface area contributed by atoms with Gasteiger partial charge < -0.3 is 4.74 Å². The fraction of sp³-hybridized carbons (Fsp3) is 0.357. The van der Waals surface area contributed by atoms with Crippen molar-refractivity contribution in [1.29, 1.82) is 0 Å². The summed E-state index contributed by atoms with van der Waals surface area (Å²) in [7, 11) is 0. The third kappa shape index (κ3) is 4.78. The van der Waals surface area contributed by atoms with Crippen LogP contribution in [0.4, 0.5) is 0 Å². The zero-order chi connectivity index (χ0) is 11.6. The van der Waals surface area contributed by atoms with E-state index in [0.717, 1.165) is 12.0 Å². The van der Waals surface area contributed by atoms with Crippen LogP contribution in [0.25, 0.3) is 6.08 Å². The van der Waals surface area contributed by atoms with Gasteiger partial charge in [-0.1, -0.05) is 43.7 Å². The first-order valence-corrected chi connectivity index (χ1v) is 5.61. The Morgan fingerprint density at radius 1 is 1.31 bits per heavy atom. The van der Waals surface area contributed by atoms with Gasteiger partial charge >= 0.3 is 6.47 Å². The fourth-order valence-electron chi connectivity index (χ4n) is 1.44. The van der Waals surface area contributed by atoms with E-state index in [0.29, 0.717) is 0 Å². The van der Waals surface area contributed by atoms with Crippen LogP contribution in [-0.2, 0) is 16.0 Å². The summed E-state index contributed by atoms with van der Waals surface area (Å²) in [5.74, 6) is 0. The molecular formula is C14H17O2. The van der Waals surface area contributed by atoms with E-state index in [9.17, 15) is 4.79 Å². The predicted octanol–water partition coefficient (Wildman–Crippen LogP) is 3.13. The highest BCUT2D eigenvalue weighted by atomic mass is 16.5. The summed E-state index contributed by atoms with van der Waals surface area (Å²) < 4.78 is 4.44. The molecule has 0 spiro atoms. The number of rotatable bonds is 7. The highest BCUT2D eigenvalue weighted by Gasteiger charge is 1.92. The lowest BCUT2D eigenvalue weighted by Crippen LogP contribution is -1.86. The molecule has 0 amide bonds. The van der Waals surface area contributed by atoms with Crippen LogP contribution in [0.15, 0.2) is 30.3 Å². The van der Waals surface area contributed by atoms with E-state index in [1.54, 1.807) is 6.08 Å². The van der Waals surface area contributed by atoms with Crippen LogP contribution in [0.3, 0.4) is 0 Å².